The fourth-order valence-corrected chi connectivity index (χ4v) is 2.60. The molecule has 17 heavy (non-hydrogen) atoms. The van der Waals surface area contributed by atoms with Gasteiger partial charge in [0.2, 0.25) is 5.95 Å². The first-order valence-corrected chi connectivity index (χ1v) is 6.36. The number of rotatable bonds is 3. The summed E-state index contributed by atoms with van der Waals surface area (Å²) in [5.41, 5.74) is 2.12. The molecule has 2 unspecified atom stereocenters. The Morgan fingerprint density at radius 3 is 2.76 bits per heavy atom. The summed E-state index contributed by atoms with van der Waals surface area (Å²) in [5, 5.41) is 3.14. The highest BCUT2D eigenvalue weighted by molar-refractivity contribution is 5.35. The van der Waals surface area contributed by atoms with Crippen LogP contribution in [0, 0.1) is 12.8 Å². The molecule has 1 aromatic heterocycles. The minimum atomic E-state index is 0.550. The topological polar surface area (TPSA) is 41.1 Å². The number of aromatic nitrogens is 2. The van der Waals surface area contributed by atoms with Gasteiger partial charge in [0.1, 0.15) is 0 Å². The van der Waals surface area contributed by atoms with Gasteiger partial charge in [0, 0.05) is 24.8 Å². The van der Waals surface area contributed by atoms with Crippen LogP contribution in [0.3, 0.4) is 0 Å². The summed E-state index contributed by atoms with van der Waals surface area (Å²) in [5.74, 6) is 1.63. The smallest absolute Gasteiger partial charge is 0.226 e. The lowest BCUT2D eigenvalue weighted by Gasteiger charge is -2.22. The van der Waals surface area contributed by atoms with Crippen LogP contribution < -0.4 is 10.2 Å². The first-order valence-electron chi connectivity index (χ1n) is 6.36. The van der Waals surface area contributed by atoms with E-state index in [9.17, 15) is 0 Å². The van der Waals surface area contributed by atoms with E-state index in [1.807, 2.05) is 20.0 Å². The molecule has 1 aromatic rings. The number of hydrogen-bond donors (Lipinski definition) is 1. The van der Waals surface area contributed by atoms with Gasteiger partial charge in [0.25, 0.3) is 0 Å². The van der Waals surface area contributed by atoms with Crippen LogP contribution in [0.15, 0.2) is 6.07 Å². The molecule has 0 bridgehead atoms. The zero-order chi connectivity index (χ0) is 12.4. The minimum Gasteiger partial charge on any atom is -0.338 e. The van der Waals surface area contributed by atoms with E-state index in [0.717, 1.165) is 36.3 Å². The fourth-order valence-electron chi connectivity index (χ4n) is 2.60. The van der Waals surface area contributed by atoms with E-state index in [4.69, 9.17) is 0 Å². The molecule has 0 amide bonds. The van der Waals surface area contributed by atoms with Gasteiger partial charge in [0.15, 0.2) is 0 Å². The number of hydrogen-bond acceptors (Lipinski definition) is 4. The highest BCUT2D eigenvalue weighted by Gasteiger charge is 2.28. The van der Waals surface area contributed by atoms with Crippen molar-refractivity contribution in [1.29, 1.82) is 0 Å². The van der Waals surface area contributed by atoms with Crippen LogP contribution in [0.4, 0.5) is 5.95 Å². The Hall–Kier alpha value is -1.16. The largest absolute Gasteiger partial charge is 0.338 e. The Bertz CT molecular complexity index is 391. The predicted octanol–water partition coefficient (Wildman–Crippen LogP) is 1.74. The molecule has 1 fully saturated rings. The van der Waals surface area contributed by atoms with E-state index in [-0.39, 0.29) is 0 Å². The van der Waals surface area contributed by atoms with Gasteiger partial charge < -0.3 is 10.2 Å². The zero-order valence-corrected chi connectivity index (χ0v) is 11.2. The van der Waals surface area contributed by atoms with Gasteiger partial charge in [0.05, 0.1) is 5.69 Å². The molecule has 1 N–H and O–H groups in total. The van der Waals surface area contributed by atoms with Crippen molar-refractivity contribution < 1.29 is 0 Å². The van der Waals surface area contributed by atoms with Gasteiger partial charge in [-0.15, -0.1) is 0 Å². The predicted molar refractivity (Wildman–Crippen MR) is 70.1 cm³/mol. The van der Waals surface area contributed by atoms with Crippen molar-refractivity contribution in [2.75, 3.05) is 18.5 Å². The zero-order valence-electron chi connectivity index (χ0n) is 11.2. The van der Waals surface area contributed by atoms with Gasteiger partial charge in [-0.05, 0) is 39.3 Å². The number of aryl methyl sites for hydroxylation is 1. The first kappa shape index (κ1) is 12.3. The van der Waals surface area contributed by atoms with Crippen LogP contribution in [0.5, 0.6) is 0 Å². The number of nitrogens with one attached hydrogen (secondary N) is 1. The van der Waals surface area contributed by atoms with Crippen LogP contribution in [0.2, 0.25) is 0 Å². The van der Waals surface area contributed by atoms with Crippen molar-refractivity contribution in [1.82, 2.24) is 15.3 Å². The summed E-state index contributed by atoms with van der Waals surface area (Å²) in [6, 6.07) is 2.60. The fraction of sp³-hybridized carbons (Fsp3) is 0.692. The summed E-state index contributed by atoms with van der Waals surface area (Å²) in [7, 11) is 1.94. The Morgan fingerprint density at radius 2 is 2.18 bits per heavy atom. The van der Waals surface area contributed by atoms with Gasteiger partial charge in [-0.1, -0.05) is 6.92 Å². The summed E-state index contributed by atoms with van der Waals surface area (Å²) in [4.78, 5) is 11.5. The average molecular weight is 234 g/mol. The molecule has 1 saturated heterocycles. The first-order chi connectivity index (χ1) is 8.10. The Labute approximate surface area is 103 Å². The van der Waals surface area contributed by atoms with Crippen LogP contribution in [0.25, 0.3) is 0 Å². The third-order valence-electron chi connectivity index (χ3n) is 3.29. The summed E-state index contributed by atoms with van der Waals surface area (Å²) >= 11 is 0. The van der Waals surface area contributed by atoms with Crippen molar-refractivity contribution in [2.24, 2.45) is 5.92 Å². The number of nitrogens with zero attached hydrogens (tertiary/aromatic N) is 3. The maximum absolute atomic E-state index is 4.64. The lowest BCUT2D eigenvalue weighted by atomic mass is 10.1. The van der Waals surface area contributed by atoms with E-state index in [2.05, 4.69) is 34.0 Å². The molecule has 1 aliphatic rings. The van der Waals surface area contributed by atoms with Crippen molar-refractivity contribution in [3.63, 3.8) is 0 Å². The second kappa shape index (κ2) is 5.00. The van der Waals surface area contributed by atoms with Crippen molar-refractivity contribution in [3.05, 3.63) is 17.5 Å². The Kier molecular flexibility index (Phi) is 3.62. The van der Waals surface area contributed by atoms with Gasteiger partial charge in [-0.25, -0.2) is 9.97 Å². The van der Waals surface area contributed by atoms with Crippen molar-refractivity contribution in [3.8, 4) is 0 Å². The Balaban J connectivity index is 2.25. The van der Waals surface area contributed by atoms with E-state index >= 15 is 0 Å². The van der Waals surface area contributed by atoms with E-state index in [0.29, 0.717) is 6.04 Å². The lowest BCUT2D eigenvalue weighted by Crippen LogP contribution is -2.29. The maximum Gasteiger partial charge on any atom is 0.226 e. The van der Waals surface area contributed by atoms with Gasteiger partial charge in [-0.2, -0.15) is 0 Å². The van der Waals surface area contributed by atoms with Crippen molar-refractivity contribution >= 4 is 5.95 Å². The molecule has 0 aromatic carbocycles. The monoisotopic (exact) mass is 234 g/mol. The third kappa shape index (κ3) is 2.75. The van der Waals surface area contributed by atoms with Crippen LogP contribution >= 0.6 is 0 Å². The molecule has 2 atom stereocenters. The molecule has 0 radical (unpaired) electrons. The highest BCUT2D eigenvalue weighted by atomic mass is 15.3. The second-order valence-corrected chi connectivity index (χ2v) is 5.17. The Morgan fingerprint density at radius 1 is 1.41 bits per heavy atom. The van der Waals surface area contributed by atoms with Gasteiger partial charge in [-0.3, -0.25) is 0 Å². The standard InChI is InChI=1S/C13H22N4/c1-9-5-11(3)17(8-9)13-15-10(2)6-12(16-13)7-14-4/h6,9,11,14H,5,7-8H2,1-4H3. The molecule has 4 nitrogen and oxygen atoms in total. The lowest BCUT2D eigenvalue weighted by molar-refractivity contribution is 0.624. The SMILES string of the molecule is CNCc1cc(C)nc(N2CC(C)CC2C)n1. The summed E-state index contributed by atoms with van der Waals surface area (Å²) < 4.78 is 0. The normalized spacial score (nSPS) is 24.4. The average Bonchev–Trinajstić information content (AvgIpc) is 2.57. The third-order valence-corrected chi connectivity index (χ3v) is 3.29. The molecule has 2 rings (SSSR count). The molecule has 94 valence electrons. The molecular weight excluding hydrogens is 212 g/mol. The number of anilines is 1. The molecule has 1 aliphatic heterocycles. The van der Waals surface area contributed by atoms with Gasteiger partial charge >= 0.3 is 0 Å². The van der Waals surface area contributed by atoms with Crippen LogP contribution in [-0.4, -0.2) is 29.6 Å². The van der Waals surface area contributed by atoms with E-state index in [1.165, 1.54) is 6.42 Å². The highest BCUT2D eigenvalue weighted by Crippen LogP contribution is 2.26. The molecule has 2 heterocycles. The molecular formula is C13H22N4. The molecule has 0 saturated carbocycles. The second-order valence-electron chi connectivity index (χ2n) is 5.17. The molecule has 4 heteroatoms. The van der Waals surface area contributed by atoms with Crippen molar-refractivity contribution in [2.45, 2.75) is 39.8 Å². The minimum absolute atomic E-state index is 0.550. The molecule has 0 spiro atoms. The van der Waals surface area contributed by atoms with Crippen LogP contribution in [-0.2, 0) is 6.54 Å². The summed E-state index contributed by atoms with van der Waals surface area (Å²) in [6.07, 6.45) is 1.23. The van der Waals surface area contributed by atoms with E-state index in [1.54, 1.807) is 0 Å². The molecule has 0 aliphatic carbocycles. The quantitative estimate of drug-likeness (QED) is 0.865. The summed E-state index contributed by atoms with van der Waals surface area (Å²) in [6.45, 7) is 8.46. The van der Waals surface area contributed by atoms with Crippen LogP contribution in [0.1, 0.15) is 31.7 Å². The van der Waals surface area contributed by atoms with E-state index < -0.39 is 0 Å². The maximum atomic E-state index is 4.64.